The molecule has 1 N–H and O–H groups in total. The fourth-order valence-electron chi connectivity index (χ4n) is 3.01. The third-order valence-corrected chi connectivity index (χ3v) is 4.77. The van der Waals surface area contributed by atoms with Gasteiger partial charge in [0.25, 0.3) is 0 Å². The van der Waals surface area contributed by atoms with Gasteiger partial charge in [0.15, 0.2) is 0 Å². The van der Waals surface area contributed by atoms with E-state index >= 15 is 0 Å². The summed E-state index contributed by atoms with van der Waals surface area (Å²) in [7, 11) is 0. The molecule has 2 unspecified atom stereocenters. The summed E-state index contributed by atoms with van der Waals surface area (Å²) in [6.45, 7) is 7.24. The Kier molecular flexibility index (Phi) is 7.20. The fourth-order valence-corrected chi connectivity index (χ4v) is 3.58. The molecule has 2 atom stereocenters. The summed E-state index contributed by atoms with van der Waals surface area (Å²) >= 11 is 3.66. The van der Waals surface area contributed by atoms with Crippen molar-refractivity contribution < 1.29 is 4.74 Å². The summed E-state index contributed by atoms with van der Waals surface area (Å²) in [6, 6.07) is 0.354. The monoisotopic (exact) mass is 357 g/mol. The maximum atomic E-state index is 5.88. The predicted molar refractivity (Wildman–Crippen MR) is 89.5 cm³/mol. The van der Waals surface area contributed by atoms with Gasteiger partial charge in [-0.15, -0.1) is 0 Å². The smallest absolute Gasteiger partial charge is 0.0695 e. The molecule has 0 aromatic carbocycles. The summed E-state index contributed by atoms with van der Waals surface area (Å²) in [6.07, 6.45) is 9.50. The first-order valence-corrected chi connectivity index (χ1v) is 9.11. The van der Waals surface area contributed by atoms with E-state index in [1.807, 2.05) is 6.20 Å². The van der Waals surface area contributed by atoms with Crippen LogP contribution in [0.25, 0.3) is 0 Å². The molecule has 1 aromatic rings. The Morgan fingerprint density at radius 3 is 3.00 bits per heavy atom. The normalized spacial score (nSPS) is 20.6. The van der Waals surface area contributed by atoms with Crippen molar-refractivity contribution in [2.24, 2.45) is 0 Å². The van der Waals surface area contributed by atoms with Gasteiger partial charge in [0.05, 0.1) is 28.5 Å². The van der Waals surface area contributed by atoms with Crippen molar-refractivity contribution in [1.82, 2.24) is 15.1 Å². The van der Waals surface area contributed by atoms with Crippen LogP contribution in [-0.4, -0.2) is 29.0 Å². The first kappa shape index (κ1) is 17.0. The highest BCUT2D eigenvalue weighted by Crippen LogP contribution is 2.29. The van der Waals surface area contributed by atoms with Crippen LogP contribution in [0.4, 0.5) is 0 Å². The molecular weight excluding hydrogens is 330 g/mol. The van der Waals surface area contributed by atoms with Crippen molar-refractivity contribution >= 4 is 15.9 Å². The molecule has 0 spiro atoms. The zero-order valence-electron chi connectivity index (χ0n) is 13.3. The van der Waals surface area contributed by atoms with Crippen molar-refractivity contribution in [2.75, 3.05) is 13.2 Å². The highest BCUT2D eigenvalue weighted by atomic mass is 79.9. The van der Waals surface area contributed by atoms with Crippen LogP contribution in [-0.2, 0) is 11.3 Å². The lowest BCUT2D eigenvalue weighted by Crippen LogP contribution is -2.27. The van der Waals surface area contributed by atoms with Crippen molar-refractivity contribution in [1.29, 1.82) is 0 Å². The second kappa shape index (κ2) is 8.91. The zero-order chi connectivity index (χ0) is 15.1. The average Bonchev–Trinajstić information content (AvgIpc) is 2.89. The first-order chi connectivity index (χ1) is 10.3. The maximum Gasteiger partial charge on any atom is 0.0695 e. The molecule has 2 heterocycles. The van der Waals surface area contributed by atoms with Gasteiger partial charge in [-0.1, -0.05) is 6.92 Å². The minimum absolute atomic E-state index is 0.354. The summed E-state index contributed by atoms with van der Waals surface area (Å²) < 4.78 is 9.08. The number of halogens is 1. The minimum Gasteiger partial charge on any atom is -0.378 e. The molecule has 0 radical (unpaired) electrons. The molecule has 0 bridgehead atoms. The third kappa shape index (κ3) is 4.80. The molecule has 5 heteroatoms. The maximum absolute atomic E-state index is 5.88. The van der Waals surface area contributed by atoms with Gasteiger partial charge in [0.1, 0.15) is 0 Å². The standard InChI is InChI=1S/C16H28BrN3O/c1-3-10-18-15(9-8-13-7-5-6-11-21-13)16-14(17)12-19-20(16)4-2/h12-13,15,18H,3-11H2,1-2H3. The molecule has 120 valence electrons. The SMILES string of the molecule is CCCNC(CCC1CCCCO1)c1c(Br)cnn1CC. The van der Waals surface area contributed by atoms with Crippen LogP contribution < -0.4 is 5.32 Å². The number of ether oxygens (including phenoxy) is 1. The molecule has 21 heavy (non-hydrogen) atoms. The molecule has 4 nitrogen and oxygen atoms in total. The molecule has 1 aliphatic heterocycles. The van der Waals surface area contributed by atoms with Gasteiger partial charge in [0, 0.05) is 13.2 Å². The number of hydrogen-bond donors (Lipinski definition) is 1. The van der Waals surface area contributed by atoms with E-state index in [9.17, 15) is 0 Å². The van der Waals surface area contributed by atoms with Crippen LogP contribution in [0, 0.1) is 0 Å². The lowest BCUT2D eigenvalue weighted by atomic mass is 10.00. The summed E-state index contributed by atoms with van der Waals surface area (Å²) in [5.41, 5.74) is 1.28. The van der Waals surface area contributed by atoms with E-state index in [2.05, 4.69) is 44.9 Å². The van der Waals surface area contributed by atoms with E-state index in [1.54, 1.807) is 0 Å². The van der Waals surface area contributed by atoms with E-state index in [1.165, 1.54) is 25.0 Å². The predicted octanol–water partition coefficient (Wildman–Crippen LogP) is 4.06. The van der Waals surface area contributed by atoms with E-state index in [0.717, 1.165) is 43.4 Å². The van der Waals surface area contributed by atoms with Crippen LogP contribution >= 0.6 is 15.9 Å². The van der Waals surface area contributed by atoms with Crippen molar-refractivity contribution in [3.05, 3.63) is 16.4 Å². The fraction of sp³-hybridized carbons (Fsp3) is 0.812. The number of nitrogens with one attached hydrogen (secondary N) is 1. The van der Waals surface area contributed by atoms with Gasteiger partial charge in [-0.25, -0.2) is 0 Å². The molecule has 1 aromatic heterocycles. The number of aromatic nitrogens is 2. The molecule has 1 aliphatic rings. The summed E-state index contributed by atoms with van der Waals surface area (Å²) in [5.74, 6) is 0. The lowest BCUT2D eigenvalue weighted by molar-refractivity contribution is 0.00839. The van der Waals surface area contributed by atoms with Crippen molar-refractivity contribution in [2.45, 2.75) is 71.1 Å². The second-order valence-electron chi connectivity index (χ2n) is 5.77. The summed E-state index contributed by atoms with van der Waals surface area (Å²) in [4.78, 5) is 0. The van der Waals surface area contributed by atoms with Crippen LogP contribution in [0.15, 0.2) is 10.7 Å². The van der Waals surface area contributed by atoms with Crippen LogP contribution in [0.5, 0.6) is 0 Å². The minimum atomic E-state index is 0.354. The van der Waals surface area contributed by atoms with Crippen LogP contribution in [0.2, 0.25) is 0 Å². The molecule has 2 rings (SSSR count). The number of nitrogens with zero attached hydrogens (tertiary/aromatic N) is 2. The largest absolute Gasteiger partial charge is 0.378 e. The van der Waals surface area contributed by atoms with Crippen LogP contribution in [0.1, 0.15) is 64.1 Å². The van der Waals surface area contributed by atoms with Crippen LogP contribution in [0.3, 0.4) is 0 Å². The zero-order valence-corrected chi connectivity index (χ0v) is 14.9. The number of aryl methyl sites for hydroxylation is 1. The van der Waals surface area contributed by atoms with Gasteiger partial charge in [-0.3, -0.25) is 4.68 Å². The molecular formula is C16H28BrN3O. The van der Waals surface area contributed by atoms with Gasteiger partial charge < -0.3 is 10.1 Å². The first-order valence-electron chi connectivity index (χ1n) is 8.32. The van der Waals surface area contributed by atoms with Crippen molar-refractivity contribution in [3.8, 4) is 0 Å². The van der Waals surface area contributed by atoms with E-state index < -0.39 is 0 Å². The highest BCUT2D eigenvalue weighted by molar-refractivity contribution is 9.10. The highest BCUT2D eigenvalue weighted by Gasteiger charge is 2.22. The van der Waals surface area contributed by atoms with Gasteiger partial charge in [-0.2, -0.15) is 5.10 Å². The van der Waals surface area contributed by atoms with E-state index in [-0.39, 0.29) is 0 Å². The summed E-state index contributed by atoms with van der Waals surface area (Å²) in [5, 5.41) is 8.14. The second-order valence-corrected chi connectivity index (χ2v) is 6.62. The number of rotatable bonds is 8. The molecule has 1 fully saturated rings. The molecule has 0 aliphatic carbocycles. The average molecular weight is 358 g/mol. The Balaban J connectivity index is 2.00. The molecule has 0 amide bonds. The van der Waals surface area contributed by atoms with Gasteiger partial charge >= 0.3 is 0 Å². The van der Waals surface area contributed by atoms with E-state index in [4.69, 9.17) is 4.74 Å². The van der Waals surface area contributed by atoms with Gasteiger partial charge in [0.2, 0.25) is 0 Å². The Morgan fingerprint density at radius 1 is 1.48 bits per heavy atom. The van der Waals surface area contributed by atoms with Gasteiger partial charge in [-0.05, 0) is 67.9 Å². The molecule has 1 saturated heterocycles. The molecule has 0 saturated carbocycles. The third-order valence-electron chi connectivity index (χ3n) is 4.15. The Bertz CT molecular complexity index is 416. The van der Waals surface area contributed by atoms with E-state index in [0.29, 0.717) is 12.1 Å². The Hall–Kier alpha value is -0.390. The topological polar surface area (TPSA) is 39.1 Å². The Labute approximate surface area is 136 Å². The van der Waals surface area contributed by atoms with Crippen molar-refractivity contribution in [3.63, 3.8) is 0 Å². The number of hydrogen-bond acceptors (Lipinski definition) is 3. The Morgan fingerprint density at radius 2 is 2.33 bits per heavy atom. The quantitative estimate of drug-likeness (QED) is 0.762. The lowest BCUT2D eigenvalue weighted by Gasteiger charge is -2.26.